The van der Waals surface area contributed by atoms with Gasteiger partial charge in [0.05, 0.1) is 12.2 Å². The van der Waals surface area contributed by atoms with E-state index >= 15 is 0 Å². The minimum atomic E-state index is -0.0828. The van der Waals surface area contributed by atoms with E-state index in [0.717, 1.165) is 0 Å². The fraction of sp³-hybridized carbons (Fsp3) is 1.00. The van der Waals surface area contributed by atoms with E-state index in [9.17, 15) is 0 Å². The summed E-state index contributed by atoms with van der Waals surface area (Å²) in [7, 11) is 0. The van der Waals surface area contributed by atoms with Gasteiger partial charge in [0.25, 0.3) is 0 Å². The molecule has 0 aliphatic rings. The maximum atomic E-state index is 5.58. The Hall–Kier alpha value is 0.270. The van der Waals surface area contributed by atoms with Crippen molar-refractivity contribution in [1.29, 1.82) is 0 Å². The summed E-state index contributed by atoms with van der Waals surface area (Å²) in [5.74, 6) is 0.677. The molecule has 0 saturated carbocycles. The molecule has 0 bridgehead atoms. The molecule has 0 radical (unpaired) electrons. The average Bonchev–Trinajstić information content (AvgIpc) is 1.81. The third-order valence-corrected chi connectivity index (χ3v) is 1.43. The molecule has 3 heteroatoms. The maximum Gasteiger partial charge on any atom is 0.0632 e. The molecule has 2 N–H and O–H groups in total. The lowest BCUT2D eigenvalue weighted by atomic mass is 10.2. The maximum absolute atomic E-state index is 5.58. The van der Waals surface area contributed by atoms with Crippen LogP contribution in [0.2, 0.25) is 0 Å². The van der Waals surface area contributed by atoms with Gasteiger partial charge in [-0.15, -0.1) is 0 Å². The SMILES string of the molecule is CC(C)(C)OC[C@@H](N)CS. The Morgan fingerprint density at radius 2 is 2.00 bits per heavy atom. The molecule has 2 nitrogen and oxygen atoms in total. The molecule has 0 aliphatic carbocycles. The van der Waals surface area contributed by atoms with E-state index in [1.165, 1.54) is 0 Å². The quantitative estimate of drug-likeness (QED) is 0.610. The van der Waals surface area contributed by atoms with Crippen LogP contribution in [0.3, 0.4) is 0 Å². The Morgan fingerprint density at radius 1 is 1.50 bits per heavy atom. The minimum Gasteiger partial charge on any atom is -0.374 e. The van der Waals surface area contributed by atoms with Crippen molar-refractivity contribution in [2.75, 3.05) is 12.4 Å². The largest absolute Gasteiger partial charge is 0.374 e. The van der Waals surface area contributed by atoms with E-state index in [-0.39, 0.29) is 11.6 Å². The molecular formula is C7H17NOS. The predicted molar refractivity (Wildman–Crippen MR) is 47.5 cm³/mol. The van der Waals surface area contributed by atoms with Crippen LogP contribution in [0.5, 0.6) is 0 Å². The number of ether oxygens (including phenoxy) is 1. The van der Waals surface area contributed by atoms with Crippen molar-refractivity contribution in [3.63, 3.8) is 0 Å². The number of hydrogen-bond acceptors (Lipinski definition) is 3. The zero-order chi connectivity index (χ0) is 8.20. The van der Waals surface area contributed by atoms with E-state index in [4.69, 9.17) is 10.5 Å². The van der Waals surface area contributed by atoms with E-state index in [2.05, 4.69) is 12.6 Å². The molecule has 0 amide bonds. The van der Waals surface area contributed by atoms with Crippen molar-refractivity contribution in [3.8, 4) is 0 Å². The van der Waals surface area contributed by atoms with Crippen molar-refractivity contribution >= 4 is 12.6 Å². The average molecular weight is 163 g/mol. The summed E-state index contributed by atoms with van der Waals surface area (Å²) in [4.78, 5) is 0. The number of rotatable bonds is 3. The first-order valence-corrected chi connectivity index (χ1v) is 4.09. The number of thiol groups is 1. The zero-order valence-corrected chi connectivity index (χ0v) is 7.82. The monoisotopic (exact) mass is 163 g/mol. The Labute approximate surface area is 68.5 Å². The summed E-state index contributed by atoms with van der Waals surface area (Å²) in [5, 5.41) is 0. The molecule has 0 spiro atoms. The van der Waals surface area contributed by atoms with Gasteiger partial charge >= 0.3 is 0 Å². The summed E-state index contributed by atoms with van der Waals surface area (Å²) in [6.07, 6.45) is 0. The van der Waals surface area contributed by atoms with E-state index in [0.29, 0.717) is 12.4 Å². The van der Waals surface area contributed by atoms with Crippen LogP contribution < -0.4 is 5.73 Å². The van der Waals surface area contributed by atoms with Gasteiger partial charge in [-0.25, -0.2) is 0 Å². The van der Waals surface area contributed by atoms with E-state index < -0.39 is 0 Å². The van der Waals surface area contributed by atoms with Crippen molar-refractivity contribution in [2.24, 2.45) is 5.73 Å². The lowest BCUT2D eigenvalue weighted by Gasteiger charge is -2.21. The lowest BCUT2D eigenvalue weighted by Crippen LogP contribution is -2.32. The molecule has 0 fully saturated rings. The minimum absolute atomic E-state index is 0.0579. The van der Waals surface area contributed by atoms with Crippen LogP contribution in [-0.2, 0) is 4.74 Å². The van der Waals surface area contributed by atoms with Crippen LogP contribution in [-0.4, -0.2) is 24.0 Å². The van der Waals surface area contributed by atoms with Gasteiger partial charge in [0, 0.05) is 11.8 Å². The van der Waals surface area contributed by atoms with Crippen molar-refractivity contribution < 1.29 is 4.74 Å². The van der Waals surface area contributed by atoms with Gasteiger partial charge in [-0.3, -0.25) is 0 Å². The van der Waals surface area contributed by atoms with Crippen molar-refractivity contribution in [2.45, 2.75) is 32.4 Å². The topological polar surface area (TPSA) is 35.2 Å². The molecule has 0 heterocycles. The first-order valence-electron chi connectivity index (χ1n) is 3.46. The molecule has 1 atom stereocenters. The second-order valence-corrected chi connectivity index (χ2v) is 3.73. The van der Waals surface area contributed by atoms with Gasteiger partial charge in [0.15, 0.2) is 0 Å². The number of nitrogens with two attached hydrogens (primary N) is 1. The third-order valence-electron chi connectivity index (χ3n) is 0.965. The van der Waals surface area contributed by atoms with Gasteiger partial charge in [-0.05, 0) is 20.8 Å². The third kappa shape index (κ3) is 6.39. The Bertz CT molecular complexity index is 90.1. The van der Waals surface area contributed by atoms with Gasteiger partial charge in [0.1, 0.15) is 0 Å². The molecule has 0 aromatic carbocycles. The second-order valence-electron chi connectivity index (χ2n) is 3.37. The summed E-state index contributed by atoms with van der Waals surface area (Å²) in [6.45, 7) is 6.63. The molecule has 0 saturated heterocycles. The highest BCUT2D eigenvalue weighted by Gasteiger charge is 2.11. The van der Waals surface area contributed by atoms with Gasteiger partial charge in [-0.2, -0.15) is 12.6 Å². The highest BCUT2D eigenvalue weighted by molar-refractivity contribution is 7.80. The highest BCUT2D eigenvalue weighted by Crippen LogP contribution is 2.06. The standard InChI is InChI=1S/C7H17NOS/c1-7(2,3)9-4-6(8)5-10/h6,10H,4-5,8H2,1-3H3/t6-/m1/s1. The zero-order valence-electron chi connectivity index (χ0n) is 6.92. The van der Waals surface area contributed by atoms with Crippen LogP contribution in [0.25, 0.3) is 0 Å². The summed E-state index contributed by atoms with van der Waals surface area (Å²) in [5.41, 5.74) is 5.50. The fourth-order valence-corrected chi connectivity index (χ4v) is 0.515. The smallest absolute Gasteiger partial charge is 0.0632 e. The van der Waals surface area contributed by atoms with Crippen molar-refractivity contribution in [3.05, 3.63) is 0 Å². The molecular weight excluding hydrogens is 146 g/mol. The van der Waals surface area contributed by atoms with Crippen LogP contribution >= 0.6 is 12.6 Å². The molecule has 0 unspecified atom stereocenters. The van der Waals surface area contributed by atoms with Gasteiger partial charge < -0.3 is 10.5 Å². The van der Waals surface area contributed by atoms with Crippen LogP contribution in [0.15, 0.2) is 0 Å². The van der Waals surface area contributed by atoms with Crippen LogP contribution in [0, 0.1) is 0 Å². The normalized spacial score (nSPS) is 15.3. The molecule has 0 aromatic rings. The van der Waals surface area contributed by atoms with E-state index in [1.807, 2.05) is 20.8 Å². The first kappa shape index (κ1) is 10.3. The van der Waals surface area contributed by atoms with Crippen LogP contribution in [0.1, 0.15) is 20.8 Å². The highest BCUT2D eigenvalue weighted by atomic mass is 32.1. The Morgan fingerprint density at radius 3 is 2.30 bits per heavy atom. The lowest BCUT2D eigenvalue weighted by molar-refractivity contribution is -0.00743. The van der Waals surface area contributed by atoms with Gasteiger partial charge in [0.2, 0.25) is 0 Å². The molecule has 10 heavy (non-hydrogen) atoms. The fourth-order valence-electron chi connectivity index (χ4n) is 0.410. The Balaban J connectivity index is 3.36. The predicted octanol–water partition coefficient (Wildman–Crippen LogP) is 1.06. The Kier molecular flexibility index (Phi) is 4.32. The second kappa shape index (κ2) is 4.21. The molecule has 0 rings (SSSR count). The summed E-state index contributed by atoms with van der Waals surface area (Å²) < 4.78 is 5.41. The first-order chi connectivity index (χ1) is 4.45. The summed E-state index contributed by atoms with van der Waals surface area (Å²) >= 11 is 4.04. The van der Waals surface area contributed by atoms with Crippen molar-refractivity contribution in [1.82, 2.24) is 0 Å². The molecule has 62 valence electrons. The van der Waals surface area contributed by atoms with Gasteiger partial charge in [-0.1, -0.05) is 0 Å². The number of hydrogen-bond donors (Lipinski definition) is 2. The van der Waals surface area contributed by atoms with E-state index in [1.54, 1.807) is 0 Å². The van der Waals surface area contributed by atoms with Crippen LogP contribution in [0.4, 0.5) is 0 Å². The summed E-state index contributed by atoms with van der Waals surface area (Å²) in [6, 6.07) is 0.0579. The molecule has 0 aromatic heterocycles. The molecule has 0 aliphatic heterocycles.